The molecular formula is C18H11F3N2O. The average molecular weight is 328 g/mol. The Morgan fingerprint density at radius 2 is 1.88 bits per heavy atom. The molecule has 0 bridgehead atoms. The van der Waals surface area contributed by atoms with Crippen LogP contribution in [-0.4, -0.2) is 15.8 Å². The first-order valence-corrected chi connectivity index (χ1v) is 7.04. The van der Waals surface area contributed by atoms with Gasteiger partial charge in [0.15, 0.2) is 0 Å². The van der Waals surface area contributed by atoms with Crippen LogP contribution < -0.4 is 0 Å². The Labute approximate surface area is 135 Å². The Morgan fingerprint density at radius 3 is 2.58 bits per heavy atom. The molecule has 0 atom stereocenters. The molecule has 0 N–H and O–H groups in total. The molecule has 6 heteroatoms. The number of carbonyl (C=O) groups is 1. The molecule has 0 aliphatic carbocycles. The van der Waals surface area contributed by atoms with Gasteiger partial charge in [0, 0.05) is 17.8 Å². The van der Waals surface area contributed by atoms with Crippen LogP contribution in [0, 0.1) is 0 Å². The van der Waals surface area contributed by atoms with Crippen molar-refractivity contribution in [1.82, 2.24) is 9.97 Å². The minimum absolute atomic E-state index is 0.0852. The first-order chi connectivity index (χ1) is 11.4. The van der Waals surface area contributed by atoms with Gasteiger partial charge in [-0.3, -0.25) is 9.78 Å². The van der Waals surface area contributed by atoms with E-state index < -0.39 is 17.5 Å². The Morgan fingerprint density at radius 1 is 1.08 bits per heavy atom. The summed E-state index contributed by atoms with van der Waals surface area (Å²) in [6.45, 7) is 0. The maximum absolute atomic E-state index is 12.8. The third-order valence-electron chi connectivity index (χ3n) is 3.38. The third-order valence-corrected chi connectivity index (χ3v) is 3.38. The lowest BCUT2D eigenvalue weighted by Gasteiger charge is -2.07. The Bertz CT molecular complexity index is 918. The van der Waals surface area contributed by atoms with Crippen LogP contribution in [0.3, 0.4) is 0 Å². The van der Waals surface area contributed by atoms with Gasteiger partial charge in [-0.1, -0.05) is 18.2 Å². The number of carbonyl (C=O) groups excluding carboxylic acids is 1. The van der Waals surface area contributed by atoms with Crippen LogP contribution in [0.5, 0.6) is 0 Å². The van der Waals surface area contributed by atoms with Crippen molar-refractivity contribution in [2.45, 2.75) is 6.18 Å². The summed E-state index contributed by atoms with van der Waals surface area (Å²) in [6, 6.07) is 9.85. The van der Waals surface area contributed by atoms with Crippen LogP contribution in [-0.2, 0) is 6.18 Å². The van der Waals surface area contributed by atoms with Gasteiger partial charge in [0.1, 0.15) is 5.69 Å². The van der Waals surface area contributed by atoms with Crippen molar-refractivity contribution in [3.05, 3.63) is 77.8 Å². The first-order valence-electron chi connectivity index (χ1n) is 7.04. The first kappa shape index (κ1) is 15.9. The van der Waals surface area contributed by atoms with Crippen molar-refractivity contribution in [2.24, 2.45) is 0 Å². The summed E-state index contributed by atoms with van der Waals surface area (Å²) in [4.78, 5) is 20.1. The van der Waals surface area contributed by atoms with E-state index in [-0.39, 0.29) is 11.2 Å². The zero-order valence-electron chi connectivity index (χ0n) is 12.3. The molecule has 0 aliphatic rings. The van der Waals surface area contributed by atoms with Crippen LogP contribution in [0.4, 0.5) is 13.2 Å². The van der Waals surface area contributed by atoms with Crippen molar-refractivity contribution in [3.8, 4) is 0 Å². The highest BCUT2D eigenvalue weighted by molar-refractivity contribution is 6.06. The number of nitrogens with zero attached hydrogens (tertiary/aromatic N) is 2. The topological polar surface area (TPSA) is 42.9 Å². The molecule has 0 fully saturated rings. The molecule has 0 amide bonds. The van der Waals surface area contributed by atoms with Gasteiger partial charge in [0.25, 0.3) is 0 Å². The fourth-order valence-corrected chi connectivity index (χ4v) is 2.16. The molecule has 1 aromatic carbocycles. The minimum atomic E-state index is -4.45. The number of hydrogen-bond acceptors (Lipinski definition) is 3. The summed E-state index contributed by atoms with van der Waals surface area (Å²) in [7, 11) is 0. The predicted octanol–water partition coefficient (Wildman–Crippen LogP) is 4.54. The molecular weight excluding hydrogens is 317 g/mol. The van der Waals surface area contributed by atoms with Gasteiger partial charge in [-0.15, -0.1) is 0 Å². The van der Waals surface area contributed by atoms with Gasteiger partial charge in [-0.25, -0.2) is 4.98 Å². The molecule has 0 unspecified atom stereocenters. The summed E-state index contributed by atoms with van der Waals surface area (Å²) in [6.07, 6.45) is 1.65. The van der Waals surface area contributed by atoms with Crippen molar-refractivity contribution in [2.75, 3.05) is 0 Å². The van der Waals surface area contributed by atoms with Gasteiger partial charge in [-0.2, -0.15) is 13.2 Å². The standard InChI is InChI=1S/C18H11F3N2O/c19-18(20,21)14-6-4-13-5-7-15(23-16(13)10-14)17(24)8-3-12-2-1-9-22-11-12/h1-11H/b8-3+. The summed E-state index contributed by atoms with van der Waals surface area (Å²) in [5.41, 5.74) is 0.163. The van der Waals surface area contributed by atoms with Gasteiger partial charge in [0.05, 0.1) is 11.1 Å². The number of ketones is 1. The molecule has 3 aromatic rings. The molecule has 3 rings (SSSR count). The second-order valence-electron chi connectivity index (χ2n) is 5.09. The number of benzene rings is 1. The maximum atomic E-state index is 12.8. The van der Waals surface area contributed by atoms with E-state index >= 15 is 0 Å². The van der Waals surface area contributed by atoms with E-state index in [1.54, 1.807) is 36.7 Å². The highest BCUT2D eigenvalue weighted by atomic mass is 19.4. The highest BCUT2D eigenvalue weighted by Gasteiger charge is 2.30. The largest absolute Gasteiger partial charge is 0.416 e. The van der Waals surface area contributed by atoms with Crippen LogP contribution in [0.25, 0.3) is 17.0 Å². The number of allylic oxidation sites excluding steroid dienone is 1. The summed E-state index contributed by atoms with van der Waals surface area (Å²) in [5.74, 6) is -0.391. The van der Waals surface area contributed by atoms with Crippen LogP contribution >= 0.6 is 0 Å². The average Bonchev–Trinajstić information content (AvgIpc) is 2.59. The molecule has 24 heavy (non-hydrogen) atoms. The molecule has 0 saturated heterocycles. The normalized spacial score (nSPS) is 12.0. The second-order valence-corrected chi connectivity index (χ2v) is 5.09. The lowest BCUT2D eigenvalue weighted by molar-refractivity contribution is -0.137. The smallest absolute Gasteiger partial charge is 0.288 e. The molecule has 0 radical (unpaired) electrons. The number of aromatic nitrogens is 2. The zero-order chi connectivity index (χ0) is 17.2. The van der Waals surface area contributed by atoms with Crippen LogP contribution in [0.15, 0.2) is 60.9 Å². The summed E-state index contributed by atoms with van der Waals surface area (Å²) in [5, 5.41) is 0.538. The van der Waals surface area contributed by atoms with Crippen molar-refractivity contribution < 1.29 is 18.0 Å². The number of fused-ring (bicyclic) bond motifs is 1. The highest BCUT2D eigenvalue weighted by Crippen LogP contribution is 2.31. The molecule has 2 aromatic heterocycles. The number of hydrogen-bond donors (Lipinski definition) is 0. The number of alkyl halides is 3. The maximum Gasteiger partial charge on any atom is 0.416 e. The minimum Gasteiger partial charge on any atom is -0.288 e. The van der Waals surface area contributed by atoms with E-state index in [0.29, 0.717) is 5.39 Å². The monoisotopic (exact) mass is 328 g/mol. The molecule has 0 aliphatic heterocycles. The SMILES string of the molecule is O=C(/C=C/c1cccnc1)c1ccc2ccc(C(F)(F)F)cc2n1. The number of halogens is 3. The Kier molecular flexibility index (Phi) is 4.12. The van der Waals surface area contributed by atoms with Crippen molar-refractivity contribution in [1.29, 1.82) is 0 Å². The van der Waals surface area contributed by atoms with Crippen LogP contribution in [0.2, 0.25) is 0 Å². The predicted molar refractivity (Wildman–Crippen MR) is 84.3 cm³/mol. The van der Waals surface area contributed by atoms with Crippen LogP contribution in [0.1, 0.15) is 21.6 Å². The lowest BCUT2D eigenvalue weighted by atomic mass is 10.1. The van der Waals surface area contributed by atoms with E-state index in [1.807, 2.05) is 0 Å². The number of rotatable bonds is 3. The van der Waals surface area contributed by atoms with E-state index in [2.05, 4.69) is 9.97 Å². The quantitative estimate of drug-likeness (QED) is 0.523. The van der Waals surface area contributed by atoms with E-state index in [1.165, 1.54) is 18.2 Å². The van der Waals surface area contributed by atoms with Gasteiger partial charge in [0.2, 0.25) is 5.78 Å². The number of pyridine rings is 2. The molecule has 120 valence electrons. The molecule has 3 nitrogen and oxygen atoms in total. The fourth-order valence-electron chi connectivity index (χ4n) is 2.16. The van der Waals surface area contributed by atoms with Crippen molar-refractivity contribution >= 4 is 22.8 Å². The van der Waals surface area contributed by atoms with Gasteiger partial charge >= 0.3 is 6.18 Å². The van der Waals surface area contributed by atoms with Gasteiger partial charge in [-0.05, 0) is 42.0 Å². The molecule has 0 spiro atoms. The van der Waals surface area contributed by atoms with E-state index in [4.69, 9.17) is 0 Å². The molecule has 0 saturated carbocycles. The summed E-state index contributed by atoms with van der Waals surface area (Å²) >= 11 is 0. The van der Waals surface area contributed by atoms with Crippen molar-refractivity contribution in [3.63, 3.8) is 0 Å². The third kappa shape index (κ3) is 3.48. The lowest BCUT2D eigenvalue weighted by Crippen LogP contribution is -2.05. The zero-order valence-corrected chi connectivity index (χ0v) is 12.3. The van der Waals surface area contributed by atoms with E-state index in [0.717, 1.165) is 17.7 Å². The Hall–Kier alpha value is -3.02. The van der Waals surface area contributed by atoms with E-state index in [9.17, 15) is 18.0 Å². The Balaban J connectivity index is 1.92. The second kappa shape index (κ2) is 6.23. The van der Waals surface area contributed by atoms with Gasteiger partial charge < -0.3 is 0 Å². The fraction of sp³-hybridized carbons (Fsp3) is 0.0556. The summed E-state index contributed by atoms with van der Waals surface area (Å²) < 4.78 is 38.3. The molecule has 2 heterocycles.